The normalized spacial score (nSPS) is 13.8. The number of alkyl halides is 2. The molecule has 0 saturated carbocycles. The highest BCUT2D eigenvalue weighted by atomic mass is 19.3. The SMILES string of the molecule is CCC(C)(O)c1cc2[nH]ncc2cc1NC(=O)c1cccc(C(F)F)n1. The molecule has 0 aliphatic rings. The van der Waals surface area contributed by atoms with Crippen molar-refractivity contribution in [1.29, 1.82) is 0 Å². The second-order valence-corrected chi connectivity index (χ2v) is 6.18. The highest BCUT2D eigenvalue weighted by Crippen LogP contribution is 2.34. The summed E-state index contributed by atoms with van der Waals surface area (Å²) in [4.78, 5) is 16.2. The van der Waals surface area contributed by atoms with E-state index in [1.807, 2.05) is 6.92 Å². The third-order valence-electron chi connectivity index (χ3n) is 4.32. The number of hydrogen-bond acceptors (Lipinski definition) is 4. The van der Waals surface area contributed by atoms with Crippen molar-refractivity contribution < 1.29 is 18.7 Å². The van der Waals surface area contributed by atoms with Crippen molar-refractivity contribution in [2.24, 2.45) is 0 Å². The van der Waals surface area contributed by atoms with Gasteiger partial charge in [0.1, 0.15) is 11.4 Å². The zero-order valence-electron chi connectivity index (χ0n) is 14.3. The topological polar surface area (TPSA) is 90.9 Å². The lowest BCUT2D eigenvalue weighted by Crippen LogP contribution is -2.24. The Morgan fingerprint density at radius 3 is 2.85 bits per heavy atom. The van der Waals surface area contributed by atoms with Gasteiger partial charge in [-0.15, -0.1) is 0 Å². The van der Waals surface area contributed by atoms with Crippen LogP contribution < -0.4 is 5.32 Å². The summed E-state index contributed by atoms with van der Waals surface area (Å²) in [6.07, 6.45) is -0.763. The van der Waals surface area contributed by atoms with Crippen LogP contribution in [0.3, 0.4) is 0 Å². The summed E-state index contributed by atoms with van der Waals surface area (Å²) >= 11 is 0. The maximum atomic E-state index is 12.8. The molecule has 26 heavy (non-hydrogen) atoms. The smallest absolute Gasteiger partial charge is 0.280 e. The molecule has 136 valence electrons. The van der Waals surface area contributed by atoms with Gasteiger partial charge in [0.2, 0.25) is 0 Å². The molecule has 0 fully saturated rings. The van der Waals surface area contributed by atoms with E-state index in [9.17, 15) is 18.7 Å². The Balaban J connectivity index is 2.00. The fourth-order valence-electron chi connectivity index (χ4n) is 2.62. The van der Waals surface area contributed by atoms with Gasteiger partial charge in [-0.3, -0.25) is 9.89 Å². The number of pyridine rings is 1. The fourth-order valence-corrected chi connectivity index (χ4v) is 2.62. The van der Waals surface area contributed by atoms with E-state index in [1.165, 1.54) is 12.1 Å². The minimum absolute atomic E-state index is 0.128. The lowest BCUT2D eigenvalue weighted by Gasteiger charge is -2.25. The molecule has 0 aliphatic heterocycles. The second kappa shape index (κ2) is 6.80. The quantitative estimate of drug-likeness (QED) is 0.646. The molecule has 0 saturated heterocycles. The number of anilines is 1. The van der Waals surface area contributed by atoms with Crippen LogP contribution in [0.25, 0.3) is 10.9 Å². The van der Waals surface area contributed by atoms with Gasteiger partial charge in [-0.1, -0.05) is 13.0 Å². The minimum Gasteiger partial charge on any atom is -0.385 e. The van der Waals surface area contributed by atoms with Crippen LogP contribution in [0.4, 0.5) is 14.5 Å². The Hall–Kier alpha value is -2.87. The van der Waals surface area contributed by atoms with Crippen molar-refractivity contribution >= 4 is 22.5 Å². The molecule has 1 aromatic carbocycles. The number of fused-ring (bicyclic) bond motifs is 1. The van der Waals surface area contributed by atoms with E-state index in [1.54, 1.807) is 25.3 Å². The molecule has 1 amide bonds. The van der Waals surface area contributed by atoms with Gasteiger partial charge in [0.25, 0.3) is 12.3 Å². The monoisotopic (exact) mass is 360 g/mol. The van der Waals surface area contributed by atoms with Crippen LogP contribution in [0.1, 0.15) is 48.4 Å². The number of H-pyrrole nitrogens is 1. The van der Waals surface area contributed by atoms with Crippen LogP contribution in [-0.2, 0) is 5.60 Å². The summed E-state index contributed by atoms with van der Waals surface area (Å²) in [5.41, 5.74) is -0.208. The van der Waals surface area contributed by atoms with E-state index in [0.29, 0.717) is 23.2 Å². The Kier molecular flexibility index (Phi) is 4.69. The van der Waals surface area contributed by atoms with E-state index < -0.39 is 23.6 Å². The molecule has 0 bridgehead atoms. The van der Waals surface area contributed by atoms with Crippen molar-refractivity contribution in [2.45, 2.75) is 32.3 Å². The van der Waals surface area contributed by atoms with E-state index in [-0.39, 0.29) is 5.69 Å². The van der Waals surface area contributed by atoms with Crippen molar-refractivity contribution in [3.05, 3.63) is 53.5 Å². The summed E-state index contributed by atoms with van der Waals surface area (Å²) < 4.78 is 25.6. The van der Waals surface area contributed by atoms with Gasteiger partial charge in [0, 0.05) is 16.6 Å². The van der Waals surface area contributed by atoms with Gasteiger partial charge in [0.15, 0.2) is 0 Å². The number of carbonyl (C=O) groups excluding carboxylic acids is 1. The first-order valence-electron chi connectivity index (χ1n) is 8.08. The highest BCUT2D eigenvalue weighted by molar-refractivity contribution is 6.04. The molecule has 3 rings (SSSR count). The third-order valence-corrected chi connectivity index (χ3v) is 4.32. The van der Waals surface area contributed by atoms with Gasteiger partial charge >= 0.3 is 0 Å². The van der Waals surface area contributed by atoms with E-state index >= 15 is 0 Å². The van der Waals surface area contributed by atoms with Crippen molar-refractivity contribution in [3.8, 4) is 0 Å². The summed E-state index contributed by atoms with van der Waals surface area (Å²) in [5.74, 6) is -0.636. The number of aliphatic hydroxyl groups is 1. The third kappa shape index (κ3) is 3.41. The number of carbonyl (C=O) groups is 1. The van der Waals surface area contributed by atoms with Gasteiger partial charge in [-0.05, 0) is 37.6 Å². The van der Waals surface area contributed by atoms with Crippen molar-refractivity contribution in [3.63, 3.8) is 0 Å². The summed E-state index contributed by atoms with van der Waals surface area (Å²) in [6, 6.07) is 7.25. The largest absolute Gasteiger partial charge is 0.385 e. The number of amides is 1. The highest BCUT2D eigenvalue weighted by Gasteiger charge is 2.26. The number of nitrogens with one attached hydrogen (secondary N) is 2. The molecule has 3 N–H and O–H groups in total. The zero-order valence-corrected chi connectivity index (χ0v) is 14.3. The Labute approximate surface area is 148 Å². The Bertz CT molecular complexity index is 953. The first kappa shape index (κ1) is 17.9. The van der Waals surface area contributed by atoms with Crippen LogP contribution >= 0.6 is 0 Å². The van der Waals surface area contributed by atoms with Gasteiger partial charge in [0.05, 0.1) is 17.3 Å². The van der Waals surface area contributed by atoms with E-state index in [4.69, 9.17) is 0 Å². The first-order valence-corrected chi connectivity index (χ1v) is 8.08. The molecule has 6 nitrogen and oxygen atoms in total. The Morgan fingerprint density at radius 2 is 2.15 bits per heavy atom. The summed E-state index contributed by atoms with van der Waals surface area (Å²) in [6.45, 7) is 3.45. The van der Waals surface area contributed by atoms with Crippen LogP contribution in [0.5, 0.6) is 0 Å². The van der Waals surface area contributed by atoms with Crippen molar-refractivity contribution in [1.82, 2.24) is 15.2 Å². The number of benzene rings is 1. The molecule has 8 heteroatoms. The number of nitrogens with zero attached hydrogens (tertiary/aromatic N) is 2. The number of aromatic amines is 1. The summed E-state index contributed by atoms with van der Waals surface area (Å²) in [5, 5.41) is 20.8. The van der Waals surface area contributed by atoms with Crippen LogP contribution in [-0.4, -0.2) is 26.2 Å². The maximum absolute atomic E-state index is 12.8. The lowest BCUT2D eigenvalue weighted by atomic mass is 9.91. The average molecular weight is 360 g/mol. The fraction of sp³-hybridized carbons (Fsp3) is 0.278. The van der Waals surface area contributed by atoms with E-state index in [0.717, 1.165) is 11.5 Å². The van der Waals surface area contributed by atoms with Crippen LogP contribution in [0.2, 0.25) is 0 Å². The van der Waals surface area contributed by atoms with Gasteiger partial charge in [-0.2, -0.15) is 5.10 Å². The predicted octanol–water partition coefficient (Wildman–Crippen LogP) is 3.77. The minimum atomic E-state index is -2.76. The number of aromatic nitrogens is 3. The molecule has 1 atom stereocenters. The van der Waals surface area contributed by atoms with Gasteiger partial charge < -0.3 is 10.4 Å². The van der Waals surface area contributed by atoms with Crippen LogP contribution in [0.15, 0.2) is 36.5 Å². The molecule has 2 heterocycles. The predicted molar refractivity (Wildman–Crippen MR) is 93.1 cm³/mol. The lowest BCUT2D eigenvalue weighted by molar-refractivity contribution is 0.0539. The number of halogens is 2. The molecule has 0 aliphatic carbocycles. The molecule has 0 spiro atoms. The second-order valence-electron chi connectivity index (χ2n) is 6.18. The maximum Gasteiger partial charge on any atom is 0.280 e. The number of rotatable bonds is 5. The molecule has 3 aromatic rings. The van der Waals surface area contributed by atoms with Crippen molar-refractivity contribution in [2.75, 3.05) is 5.32 Å². The first-order chi connectivity index (χ1) is 12.3. The summed E-state index contributed by atoms with van der Waals surface area (Å²) in [7, 11) is 0. The standard InChI is InChI=1S/C18H18F2N4O2/c1-3-18(2,26)11-8-14-10(9-21-24-14)7-15(11)23-17(25)13-6-4-5-12(22-13)16(19)20/h4-9,16,26H,3H2,1-2H3,(H,21,24)(H,23,25). The van der Waals surface area contributed by atoms with E-state index in [2.05, 4.69) is 20.5 Å². The average Bonchev–Trinajstić information content (AvgIpc) is 3.08. The molecular weight excluding hydrogens is 342 g/mol. The Morgan fingerprint density at radius 1 is 1.38 bits per heavy atom. The van der Waals surface area contributed by atoms with Gasteiger partial charge in [-0.25, -0.2) is 13.8 Å². The van der Waals surface area contributed by atoms with Crippen LogP contribution in [0, 0.1) is 0 Å². The number of hydrogen-bond donors (Lipinski definition) is 3. The molecule has 2 aromatic heterocycles. The molecule has 0 radical (unpaired) electrons. The molecular formula is C18H18F2N4O2. The zero-order chi connectivity index (χ0) is 18.9. The molecule has 1 unspecified atom stereocenters.